The van der Waals surface area contributed by atoms with Crippen LogP contribution < -0.4 is 9.62 Å². The molecule has 1 atom stereocenters. The van der Waals surface area contributed by atoms with Gasteiger partial charge in [0.1, 0.15) is 0 Å². The maximum atomic E-state index is 12.9. The molecule has 0 saturated carbocycles. The second-order valence-electron chi connectivity index (χ2n) is 7.79. The highest BCUT2D eigenvalue weighted by Crippen LogP contribution is 2.24. The summed E-state index contributed by atoms with van der Waals surface area (Å²) >= 11 is 0. The molecule has 3 rings (SSSR count). The number of hydrogen-bond donors (Lipinski definition) is 1. The number of sulfonamides is 1. The lowest BCUT2D eigenvalue weighted by Gasteiger charge is -2.38. The number of benzene rings is 1. The van der Waals surface area contributed by atoms with Gasteiger partial charge in [0.15, 0.2) is 0 Å². The number of nitrogens with zero attached hydrogens (tertiary/aromatic N) is 2. The summed E-state index contributed by atoms with van der Waals surface area (Å²) in [4.78, 5) is 16.2. The van der Waals surface area contributed by atoms with E-state index < -0.39 is 10.0 Å². The third kappa shape index (κ3) is 5.36. The third-order valence-electron chi connectivity index (χ3n) is 6.12. The Bertz CT molecular complexity index is 772. The predicted octanol–water partition coefficient (Wildman–Crippen LogP) is 2.23. The van der Waals surface area contributed by atoms with E-state index in [9.17, 15) is 13.2 Å². The van der Waals surface area contributed by atoms with E-state index in [0.29, 0.717) is 38.6 Å². The number of morpholine rings is 1. The monoisotopic (exact) mass is 423 g/mol. The molecule has 2 aliphatic heterocycles. The average Bonchev–Trinajstić information content (AvgIpc) is 3.17. The zero-order valence-corrected chi connectivity index (χ0v) is 18.3. The van der Waals surface area contributed by atoms with E-state index in [2.05, 4.69) is 23.5 Å². The maximum absolute atomic E-state index is 12.9. The molecule has 0 aliphatic carbocycles. The first-order valence-corrected chi connectivity index (χ1v) is 12.2. The molecule has 0 radical (unpaired) electrons. The lowest BCUT2D eigenvalue weighted by Crippen LogP contribution is -2.52. The standard InChI is InChI=1S/C21H33N3O4S/c1-3-17(4-2)20(23-12-14-28-15-13-23)16-22-29(26,27)19-9-7-18(8-10-19)24-11-5-6-21(24)25/h7-10,17,20,22H,3-6,11-16H2,1-2H3. The third-order valence-corrected chi connectivity index (χ3v) is 7.56. The van der Waals surface area contributed by atoms with Crippen LogP contribution >= 0.6 is 0 Å². The van der Waals surface area contributed by atoms with E-state index in [0.717, 1.165) is 38.0 Å². The van der Waals surface area contributed by atoms with Gasteiger partial charge in [-0.2, -0.15) is 0 Å². The number of carbonyl (C=O) groups is 1. The predicted molar refractivity (Wildman–Crippen MR) is 113 cm³/mol. The van der Waals surface area contributed by atoms with Gasteiger partial charge in [-0.05, 0) is 36.6 Å². The normalized spacial score (nSPS) is 19.8. The van der Waals surface area contributed by atoms with Crippen molar-refractivity contribution in [1.29, 1.82) is 0 Å². The molecule has 0 bridgehead atoms. The van der Waals surface area contributed by atoms with E-state index in [1.165, 1.54) is 0 Å². The fourth-order valence-corrected chi connectivity index (χ4v) is 5.39. The zero-order chi connectivity index (χ0) is 20.9. The van der Waals surface area contributed by atoms with Crippen LogP contribution in [-0.4, -0.2) is 64.7 Å². The first kappa shape index (κ1) is 22.2. The van der Waals surface area contributed by atoms with Crippen molar-refractivity contribution in [3.8, 4) is 0 Å². The van der Waals surface area contributed by atoms with Crippen molar-refractivity contribution in [2.24, 2.45) is 5.92 Å². The van der Waals surface area contributed by atoms with Gasteiger partial charge in [-0.1, -0.05) is 26.7 Å². The molecule has 1 aromatic carbocycles. The Morgan fingerprint density at radius 2 is 1.72 bits per heavy atom. The lowest BCUT2D eigenvalue weighted by atomic mass is 9.92. The van der Waals surface area contributed by atoms with E-state index in [-0.39, 0.29) is 16.8 Å². The number of carbonyl (C=O) groups excluding carboxylic acids is 1. The summed E-state index contributed by atoms with van der Waals surface area (Å²) in [5, 5.41) is 0. The van der Waals surface area contributed by atoms with Crippen molar-refractivity contribution in [2.45, 2.75) is 50.5 Å². The second kappa shape index (κ2) is 10.0. The molecular weight excluding hydrogens is 390 g/mol. The molecule has 8 heteroatoms. The molecule has 29 heavy (non-hydrogen) atoms. The Balaban J connectivity index is 1.68. The highest BCUT2D eigenvalue weighted by atomic mass is 32.2. The maximum Gasteiger partial charge on any atom is 0.240 e. The summed E-state index contributed by atoms with van der Waals surface area (Å²) in [6.45, 7) is 8.47. The molecule has 2 fully saturated rings. The van der Waals surface area contributed by atoms with Crippen LogP contribution in [0.4, 0.5) is 5.69 Å². The molecule has 2 saturated heterocycles. The minimum absolute atomic E-state index is 0.0947. The van der Waals surface area contributed by atoms with Crippen molar-refractivity contribution in [3.63, 3.8) is 0 Å². The molecule has 0 spiro atoms. The molecule has 1 amide bonds. The number of amides is 1. The zero-order valence-electron chi connectivity index (χ0n) is 17.5. The Morgan fingerprint density at radius 3 is 2.28 bits per heavy atom. The van der Waals surface area contributed by atoms with Crippen molar-refractivity contribution in [1.82, 2.24) is 9.62 Å². The topological polar surface area (TPSA) is 79.0 Å². The highest BCUT2D eigenvalue weighted by Gasteiger charge is 2.29. The van der Waals surface area contributed by atoms with Gasteiger partial charge in [-0.25, -0.2) is 13.1 Å². The van der Waals surface area contributed by atoms with E-state index >= 15 is 0 Å². The van der Waals surface area contributed by atoms with Gasteiger partial charge >= 0.3 is 0 Å². The molecule has 2 aliphatic rings. The number of nitrogens with one attached hydrogen (secondary N) is 1. The van der Waals surface area contributed by atoms with Gasteiger partial charge in [0.2, 0.25) is 15.9 Å². The number of rotatable bonds is 9. The second-order valence-corrected chi connectivity index (χ2v) is 9.55. The molecule has 7 nitrogen and oxygen atoms in total. The van der Waals surface area contributed by atoms with Crippen LogP contribution in [0.1, 0.15) is 39.5 Å². The minimum Gasteiger partial charge on any atom is -0.379 e. The van der Waals surface area contributed by atoms with Gasteiger partial charge < -0.3 is 9.64 Å². The van der Waals surface area contributed by atoms with E-state index in [1.54, 1.807) is 29.2 Å². The number of ether oxygens (including phenoxy) is 1. The van der Waals surface area contributed by atoms with Crippen molar-refractivity contribution < 1.29 is 17.9 Å². The van der Waals surface area contributed by atoms with Crippen molar-refractivity contribution in [2.75, 3.05) is 44.3 Å². The van der Waals surface area contributed by atoms with Gasteiger partial charge in [0.05, 0.1) is 18.1 Å². The van der Waals surface area contributed by atoms with Crippen LogP contribution in [0.25, 0.3) is 0 Å². The Hall–Kier alpha value is -1.48. The summed E-state index contributed by atoms with van der Waals surface area (Å²) in [7, 11) is -3.61. The Kier molecular flexibility index (Phi) is 7.67. The highest BCUT2D eigenvalue weighted by molar-refractivity contribution is 7.89. The van der Waals surface area contributed by atoms with Crippen LogP contribution in [0, 0.1) is 5.92 Å². The summed E-state index contributed by atoms with van der Waals surface area (Å²) in [6.07, 6.45) is 3.43. The quantitative estimate of drug-likeness (QED) is 0.659. The van der Waals surface area contributed by atoms with Crippen molar-refractivity contribution >= 4 is 21.6 Å². The smallest absolute Gasteiger partial charge is 0.240 e. The first-order chi connectivity index (χ1) is 14.0. The lowest BCUT2D eigenvalue weighted by molar-refractivity contribution is -0.117. The van der Waals surface area contributed by atoms with E-state index in [4.69, 9.17) is 4.74 Å². The fraction of sp³-hybridized carbons (Fsp3) is 0.667. The average molecular weight is 424 g/mol. The fourth-order valence-electron chi connectivity index (χ4n) is 4.34. The van der Waals surface area contributed by atoms with Crippen LogP contribution in [0.15, 0.2) is 29.2 Å². The van der Waals surface area contributed by atoms with E-state index in [1.807, 2.05) is 0 Å². The van der Waals surface area contributed by atoms with Crippen LogP contribution in [-0.2, 0) is 19.6 Å². The molecule has 1 aromatic rings. The van der Waals surface area contributed by atoms with Gasteiger partial charge in [0, 0.05) is 44.3 Å². The summed E-state index contributed by atoms with van der Waals surface area (Å²) in [5.74, 6) is 0.525. The van der Waals surface area contributed by atoms with Crippen LogP contribution in [0.5, 0.6) is 0 Å². The van der Waals surface area contributed by atoms with Crippen LogP contribution in [0.3, 0.4) is 0 Å². The molecule has 2 heterocycles. The largest absolute Gasteiger partial charge is 0.379 e. The Labute approximate surface area is 174 Å². The van der Waals surface area contributed by atoms with Gasteiger partial charge in [-0.3, -0.25) is 9.69 Å². The minimum atomic E-state index is -3.61. The molecule has 1 N–H and O–H groups in total. The van der Waals surface area contributed by atoms with Gasteiger partial charge in [0.25, 0.3) is 0 Å². The summed E-state index contributed by atoms with van der Waals surface area (Å²) in [6, 6.07) is 6.77. The molecule has 162 valence electrons. The summed E-state index contributed by atoms with van der Waals surface area (Å²) < 4.78 is 34.1. The number of anilines is 1. The summed E-state index contributed by atoms with van der Waals surface area (Å²) in [5.41, 5.74) is 0.759. The molecular formula is C21H33N3O4S. The van der Waals surface area contributed by atoms with Gasteiger partial charge in [-0.15, -0.1) is 0 Å². The Morgan fingerprint density at radius 1 is 1.07 bits per heavy atom. The molecule has 1 unspecified atom stereocenters. The SMILES string of the molecule is CCC(CC)C(CNS(=O)(=O)c1ccc(N2CCCC2=O)cc1)N1CCOCC1. The first-order valence-electron chi connectivity index (χ1n) is 10.7. The molecule has 0 aromatic heterocycles. The van der Waals surface area contributed by atoms with Crippen molar-refractivity contribution in [3.05, 3.63) is 24.3 Å². The van der Waals surface area contributed by atoms with Crippen LogP contribution in [0.2, 0.25) is 0 Å². The number of hydrogen-bond acceptors (Lipinski definition) is 5.